The molecule has 0 aromatic heterocycles. The van der Waals surface area contributed by atoms with Gasteiger partial charge in [-0.15, -0.1) is 0 Å². The Hall–Kier alpha value is -3.86. The van der Waals surface area contributed by atoms with Crippen LogP contribution in [-0.2, 0) is 14.4 Å². The summed E-state index contributed by atoms with van der Waals surface area (Å²) < 4.78 is 11.9. The first kappa shape index (κ1) is 30.1. The fourth-order valence-corrected chi connectivity index (χ4v) is 4.78. The van der Waals surface area contributed by atoms with Crippen molar-refractivity contribution in [2.24, 2.45) is 0 Å². The van der Waals surface area contributed by atoms with E-state index in [1.807, 2.05) is 13.8 Å². The molecule has 12 heteroatoms. The molecule has 0 bridgehead atoms. The Balaban J connectivity index is 1.58. The molecule has 1 aliphatic heterocycles. The number of carbonyl (C=O) groups is 4. The summed E-state index contributed by atoms with van der Waals surface area (Å²) in [6, 6.07) is 12.1. The maximum Gasteiger partial charge on any atom is 0.335 e. The molecule has 41 heavy (non-hydrogen) atoms. The first-order chi connectivity index (χ1) is 19.5. The summed E-state index contributed by atoms with van der Waals surface area (Å²) in [5, 5.41) is 5.54. The number of hydrogen-bond donors (Lipinski definition) is 2. The molecular weight excluding hydrogens is 637 g/mol. The van der Waals surface area contributed by atoms with Gasteiger partial charge in [0.25, 0.3) is 17.7 Å². The molecule has 5 amide bonds. The van der Waals surface area contributed by atoms with Crippen LogP contribution in [0, 0.1) is 13.8 Å². The monoisotopic (exact) mass is 659 g/mol. The van der Waals surface area contributed by atoms with Crippen LogP contribution in [0.25, 0.3) is 6.08 Å². The van der Waals surface area contributed by atoms with E-state index in [9.17, 15) is 19.2 Å². The van der Waals surface area contributed by atoms with Crippen LogP contribution in [0.15, 0.2) is 58.6 Å². The van der Waals surface area contributed by atoms with Gasteiger partial charge in [-0.1, -0.05) is 29.3 Å². The zero-order valence-corrected chi connectivity index (χ0v) is 25.2. The number of halogens is 3. The molecule has 3 aromatic rings. The summed E-state index contributed by atoms with van der Waals surface area (Å²) in [6.07, 6.45) is 1.35. The van der Waals surface area contributed by atoms with E-state index in [0.717, 1.165) is 16.0 Å². The van der Waals surface area contributed by atoms with Gasteiger partial charge in [-0.2, -0.15) is 0 Å². The highest BCUT2D eigenvalue weighted by Crippen LogP contribution is 2.38. The molecular formula is C29H24BrCl2N3O6. The lowest BCUT2D eigenvalue weighted by molar-refractivity contribution is -0.122. The third-order valence-corrected chi connectivity index (χ3v) is 7.37. The van der Waals surface area contributed by atoms with Crippen molar-refractivity contribution in [1.82, 2.24) is 5.32 Å². The van der Waals surface area contributed by atoms with Crippen molar-refractivity contribution >= 4 is 80.3 Å². The number of nitrogens with one attached hydrogen (secondary N) is 2. The highest BCUT2D eigenvalue weighted by atomic mass is 79.9. The van der Waals surface area contributed by atoms with Crippen molar-refractivity contribution in [3.05, 3.63) is 85.3 Å². The van der Waals surface area contributed by atoms with Gasteiger partial charge >= 0.3 is 6.03 Å². The standard InChI is InChI=1S/C29H24BrCl2N3O6/c1-4-40-24-12-17(11-21(30)26(24)41-14-25(36)33-18-6-8-22(31)23(32)13-18)10-20-27(37)34-29(39)35(28(20)38)19-7-5-15(2)16(3)9-19/h5-13H,4,14H2,1-3H3,(H,33,36)(H,34,37,39)/b20-10-. The molecule has 1 aliphatic rings. The molecule has 1 fully saturated rings. The molecule has 4 rings (SSSR count). The minimum absolute atomic E-state index is 0.240. The van der Waals surface area contributed by atoms with Crippen LogP contribution >= 0.6 is 39.1 Å². The van der Waals surface area contributed by atoms with E-state index in [2.05, 4.69) is 26.6 Å². The van der Waals surface area contributed by atoms with Crippen LogP contribution in [-0.4, -0.2) is 37.0 Å². The molecule has 0 atom stereocenters. The molecule has 212 valence electrons. The number of imide groups is 2. The summed E-state index contributed by atoms with van der Waals surface area (Å²) in [6.45, 7) is 5.46. The quantitative estimate of drug-likeness (QED) is 0.212. The van der Waals surface area contributed by atoms with Gasteiger partial charge in [0.1, 0.15) is 5.57 Å². The van der Waals surface area contributed by atoms with Gasteiger partial charge in [0.05, 0.1) is 26.8 Å². The number of amides is 5. The second-order valence-electron chi connectivity index (χ2n) is 8.96. The fourth-order valence-electron chi connectivity index (χ4n) is 3.91. The molecule has 0 unspecified atom stereocenters. The van der Waals surface area contributed by atoms with E-state index in [4.69, 9.17) is 32.7 Å². The van der Waals surface area contributed by atoms with Gasteiger partial charge in [0.2, 0.25) is 0 Å². The Bertz CT molecular complexity index is 1610. The van der Waals surface area contributed by atoms with Crippen LogP contribution < -0.4 is 25.0 Å². The van der Waals surface area contributed by atoms with Crippen molar-refractivity contribution < 1.29 is 28.7 Å². The third-order valence-electron chi connectivity index (χ3n) is 6.04. The zero-order valence-electron chi connectivity index (χ0n) is 22.1. The number of nitrogens with zero attached hydrogens (tertiary/aromatic N) is 1. The molecule has 0 radical (unpaired) electrons. The second kappa shape index (κ2) is 12.8. The van der Waals surface area contributed by atoms with Gasteiger partial charge < -0.3 is 14.8 Å². The highest BCUT2D eigenvalue weighted by molar-refractivity contribution is 9.10. The summed E-state index contributed by atoms with van der Waals surface area (Å²) in [4.78, 5) is 52.0. The Morgan fingerprint density at radius 1 is 1.00 bits per heavy atom. The average molecular weight is 661 g/mol. The van der Waals surface area contributed by atoms with E-state index in [1.165, 1.54) is 12.1 Å². The van der Waals surface area contributed by atoms with Crippen LogP contribution in [0.4, 0.5) is 16.2 Å². The van der Waals surface area contributed by atoms with E-state index >= 15 is 0 Å². The van der Waals surface area contributed by atoms with E-state index < -0.39 is 23.8 Å². The van der Waals surface area contributed by atoms with E-state index in [0.29, 0.717) is 31.5 Å². The summed E-state index contributed by atoms with van der Waals surface area (Å²) in [5.41, 5.74) is 2.84. The minimum atomic E-state index is -0.834. The summed E-state index contributed by atoms with van der Waals surface area (Å²) >= 11 is 15.3. The van der Waals surface area contributed by atoms with Crippen molar-refractivity contribution in [1.29, 1.82) is 0 Å². The van der Waals surface area contributed by atoms with Gasteiger partial charge in [-0.25, -0.2) is 9.69 Å². The first-order valence-corrected chi connectivity index (χ1v) is 13.9. The Morgan fingerprint density at radius 2 is 1.76 bits per heavy atom. The topological polar surface area (TPSA) is 114 Å². The van der Waals surface area contributed by atoms with Crippen molar-refractivity contribution in [2.45, 2.75) is 20.8 Å². The maximum atomic E-state index is 13.3. The number of ether oxygens (including phenoxy) is 2. The lowest BCUT2D eigenvalue weighted by Crippen LogP contribution is -2.54. The molecule has 9 nitrogen and oxygen atoms in total. The van der Waals surface area contributed by atoms with Gasteiger partial charge in [0.15, 0.2) is 18.1 Å². The van der Waals surface area contributed by atoms with Crippen LogP contribution in [0.3, 0.4) is 0 Å². The highest BCUT2D eigenvalue weighted by Gasteiger charge is 2.37. The van der Waals surface area contributed by atoms with Gasteiger partial charge in [0, 0.05) is 5.69 Å². The summed E-state index contributed by atoms with van der Waals surface area (Å²) in [7, 11) is 0. The molecule has 0 aliphatic carbocycles. The van der Waals surface area contributed by atoms with Crippen molar-refractivity contribution in [3.8, 4) is 11.5 Å². The van der Waals surface area contributed by atoms with E-state index in [1.54, 1.807) is 49.4 Å². The number of rotatable bonds is 8. The Labute approximate surface area is 254 Å². The SMILES string of the molecule is CCOc1cc(/C=C2/C(=O)NC(=O)N(c3ccc(C)c(C)c3)C2=O)cc(Br)c1OCC(=O)Nc1ccc(Cl)c(Cl)c1. The molecule has 1 saturated heterocycles. The van der Waals surface area contributed by atoms with Crippen molar-refractivity contribution in [2.75, 3.05) is 23.4 Å². The van der Waals surface area contributed by atoms with Gasteiger partial charge in [-0.05, 0) is 102 Å². The van der Waals surface area contributed by atoms with Gasteiger partial charge in [-0.3, -0.25) is 19.7 Å². The first-order valence-electron chi connectivity index (χ1n) is 12.3. The maximum absolute atomic E-state index is 13.3. The number of urea groups is 1. The largest absolute Gasteiger partial charge is 0.490 e. The molecule has 0 saturated carbocycles. The predicted molar refractivity (Wildman–Crippen MR) is 161 cm³/mol. The molecule has 2 N–H and O–H groups in total. The molecule has 1 heterocycles. The Kier molecular flexibility index (Phi) is 9.37. The minimum Gasteiger partial charge on any atom is -0.490 e. The van der Waals surface area contributed by atoms with E-state index in [-0.39, 0.29) is 30.3 Å². The second-order valence-corrected chi connectivity index (χ2v) is 10.6. The third kappa shape index (κ3) is 6.90. The lowest BCUT2D eigenvalue weighted by atomic mass is 10.0. The van der Waals surface area contributed by atoms with Crippen LogP contribution in [0.5, 0.6) is 11.5 Å². The van der Waals surface area contributed by atoms with Crippen LogP contribution in [0.2, 0.25) is 10.0 Å². The number of hydrogen-bond acceptors (Lipinski definition) is 6. The average Bonchev–Trinajstić information content (AvgIpc) is 2.90. The summed E-state index contributed by atoms with van der Waals surface area (Å²) in [5.74, 6) is -1.54. The number of carbonyl (C=O) groups excluding carboxylic acids is 4. The zero-order chi connectivity index (χ0) is 29.8. The fraction of sp³-hybridized carbons (Fsp3) is 0.172. The smallest absolute Gasteiger partial charge is 0.335 e. The Morgan fingerprint density at radius 3 is 2.44 bits per heavy atom. The number of benzene rings is 3. The molecule has 3 aromatic carbocycles. The number of barbiturate groups is 1. The van der Waals surface area contributed by atoms with Crippen molar-refractivity contribution in [3.63, 3.8) is 0 Å². The number of anilines is 2. The predicted octanol–water partition coefficient (Wildman–Crippen LogP) is 6.46. The van der Waals surface area contributed by atoms with Crippen LogP contribution in [0.1, 0.15) is 23.6 Å². The number of aryl methyl sites for hydroxylation is 2. The lowest BCUT2D eigenvalue weighted by Gasteiger charge is -2.27. The molecule has 0 spiro atoms. The normalized spacial score (nSPS) is 14.2.